The number of hydrogen-bond acceptors (Lipinski definition) is 5. The molecule has 3 fully saturated rings. The molecular weight excluding hydrogens is 288 g/mol. The summed E-state index contributed by atoms with van der Waals surface area (Å²) >= 11 is 4.29. The Morgan fingerprint density at radius 1 is 1.35 bits per heavy atom. The van der Waals surface area contributed by atoms with Crippen molar-refractivity contribution in [2.45, 2.75) is 67.6 Å². The van der Waals surface area contributed by atoms with Gasteiger partial charge in [-0.2, -0.15) is 23.5 Å². The Morgan fingerprint density at radius 3 is 2.80 bits per heavy atom. The van der Waals surface area contributed by atoms with Crippen molar-refractivity contribution in [3.8, 4) is 0 Å². The number of hydrogen-bond donors (Lipinski definition) is 2. The first-order valence-electron chi connectivity index (χ1n) is 8.11. The number of nitrogens with one attached hydrogen (secondary N) is 1. The molecule has 4 unspecified atom stereocenters. The Balaban J connectivity index is 1.68. The molecule has 0 aromatic rings. The van der Waals surface area contributed by atoms with Gasteiger partial charge in [0.1, 0.15) is 0 Å². The highest BCUT2D eigenvalue weighted by Gasteiger charge is 2.46. The van der Waals surface area contributed by atoms with E-state index in [2.05, 4.69) is 35.9 Å². The Hall–Kier alpha value is 0.580. The summed E-state index contributed by atoms with van der Waals surface area (Å²) in [5.41, 5.74) is 3.43. The van der Waals surface area contributed by atoms with Crippen LogP contribution in [0.25, 0.3) is 0 Å². The van der Waals surface area contributed by atoms with Crippen LogP contribution in [-0.4, -0.2) is 40.3 Å². The lowest BCUT2D eigenvalue weighted by Crippen LogP contribution is -2.56. The molecule has 0 bridgehead atoms. The number of ether oxygens (including phenoxy) is 1. The second-order valence-corrected chi connectivity index (χ2v) is 9.12. The Labute approximate surface area is 131 Å². The van der Waals surface area contributed by atoms with E-state index < -0.39 is 0 Å². The number of rotatable bonds is 4. The Morgan fingerprint density at radius 2 is 2.15 bits per heavy atom. The first-order chi connectivity index (χ1) is 9.78. The van der Waals surface area contributed by atoms with Gasteiger partial charge in [0.2, 0.25) is 0 Å². The molecule has 0 radical (unpaired) electrons. The van der Waals surface area contributed by atoms with E-state index in [4.69, 9.17) is 10.6 Å². The standard InChI is InChI=1S/C15H28N2OS2/c1-2-12-14(20-9-8-19-12)13(17-16)11-4-7-18-15(10-11)5-3-6-15/h11-14,17H,2-10,16H2,1H3. The van der Waals surface area contributed by atoms with Crippen LogP contribution in [-0.2, 0) is 4.74 Å². The van der Waals surface area contributed by atoms with Crippen LogP contribution in [0.15, 0.2) is 0 Å². The monoisotopic (exact) mass is 316 g/mol. The molecule has 4 atom stereocenters. The molecule has 116 valence electrons. The molecule has 1 saturated carbocycles. The van der Waals surface area contributed by atoms with Crippen molar-refractivity contribution in [3.63, 3.8) is 0 Å². The average Bonchev–Trinajstić information content (AvgIpc) is 2.47. The summed E-state index contributed by atoms with van der Waals surface area (Å²) in [5.74, 6) is 9.26. The number of thioether (sulfide) groups is 2. The predicted octanol–water partition coefficient (Wildman–Crippen LogP) is 2.79. The minimum absolute atomic E-state index is 0.228. The van der Waals surface area contributed by atoms with Gasteiger partial charge in [0, 0.05) is 34.7 Å². The van der Waals surface area contributed by atoms with E-state index in [0.29, 0.717) is 17.2 Å². The van der Waals surface area contributed by atoms with E-state index in [9.17, 15) is 0 Å². The van der Waals surface area contributed by atoms with Gasteiger partial charge >= 0.3 is 0 Å². The fourth-order valence-electron chi connectivity index (χ4n) is 4.06. The van der Waals surface area contributed by atoms with Gasteiger partial charge in [-0.05, 0) is 44.4 Å². The SMILES string of the molecule is CCC1SCCSC1C(NN)C1CCOC2(CCC2)C1. The molecule has 2 aliphatic heterocycles. The molecule has 2 heterocycles. The smallest absolute Gasteiger partial charge is 0.0685 e. The summed E-state index contributed by atoms with van der Waals surface area (Å²) in [5, 5.41) is 1.43. The van der Waals surface area contributed by atoms with Crippen LogP contribution in [0.5, 0.6) is 0 Å². The molecule has 1 aliphatic carbocycles. The summed E-state index contributed by atoms with van der Waals surface area (Å²) in [4.78, 5) is 0. The molecule has 3 aliphatic rings. The molecule has 20 heavy (non-hydrogen) atoms. The van der Waals surface area contributed by atoms with Crippen molar-refractivity contribution in [3.05, 3.63) is 0 Å². The highest BCUT2D eigenvalue weighted by Crippen LogP contribution is 2.47. The third kappa shape index (κ3) is 3.02. The average molecular weight is 317 g/mol. The maximum Gasteiger partial charge on any atom is 0.0685 e. The second kappa shape index (κ2) is 6.78. The third-order valence-electron chi connectivity index (χ3n) is 5.34. The molecule has 1 spiro atoms. The van der Waals surface area contributed by atoms with Gasteiger partial charge in [-0.1, -0.05) is 6.92 Å². The molecule has 3 rings (SSSR count). The fraction of sp³-hybridized carbons (Fsp3) is 1.00. The molecule has 0 amide bonds. The normalized spacial score (nSPS) is 38.4. The first kappa shape index (κ1) is 15.5. The first-order valence-corrected chi connectivity index (χ1v) is 10.2. The highest BCUT2D eigenvalue weighted by atomic mass is 32.2. The minimum atomic E-state index is 0.228. The Kier molecular flexibility index (Phi) is 5.24. The maximum atomic E-state index is 6.09. The topological polar surface area (TPSA) is 47.3 Å². The van der Waals surface area contributed by atoms with Crippen molar-refractivity contribution in [1.29, 1.82) is 0 Å². The number of nitrogens with two attached hydrogens (primary N) is 1. The van der Waals surface area contributed by atoms with Gasteiger partial charge in [0.15, 0.2) is 0 Å². The lowest BCUT2D eigenvalue weighted by Gasteiger charge is -2.50. The van der Waals surface area contributed by atoms with Gasteiger partial charge in [-0.15, -0.1) is 0 Å². The lowest BCUT2D eigenvalue weighted by atomic mass is 9.70. The number of hydrazine groups is 1. The van der Waals surface area contributed by atoms with Gasteiger partial charge in [0.05, 0.1) is 5.60 Å². The van der Waals surface area contributed by atoms with Gasteiger partial charge in [-0.25, -0.2) is 0 Å². The molecule has 0 aromatic heterocycles. The molecule has 5 heteroatoms. The van der Waals surface area contributed by atoms with Gasteiger partial charge < -0.3 is 4.74 Å². The van der Waals surface area contributed by atoms with Crippen LogP contribution in [0.4, 0.5) is 0 Å². The third-order valence-corrected chi connectivity index (χ3v) is 8.72. The zero-order valence-corrected chi connectivity index (χ0v) is 14.1. The van der Waals surface area contributed by atoms with E-state index in [1.807, 2.05) is 0 Å². The summed E-state index contributed by atoms with van der Waals surface area (Å²) < 4.78 is 6.09. The van der Waals surface area contributed by atoms with Gasteiger partial charge in [-0.3, -0.25) is 11.3 Å². The van der Waals surface area contributed by atoms with E-state index >= 15 is 0 Å². The quantitative estimate of drug-likeness (QED) is 0.617. The van der Waals surface area contributed by atoms with E-state index in [-0.39, 0.29) is 5.60 Å². The summed E-state index contributed by atoms with van der Waals surface area (Å²) in [7, 11) is 0. The molecule has 0 aromatic carbocycles. The van der Waals surface area contributed by atoms with Crippen LogP contribution in [0.1, 0.15) is 45.4 Å². The van der Waals surface area contributed by atoms with E-state index in [1.165, 1.54) is 50.0 Å². The zero-order chi connectivity index (χ0) is 14.0. The molecule has 3 N–H and O–H groups in total. The van der Waals surface area contributed by atoms with Crippen molar-refractivity contribution in [2.24, 2.45) is 11.8 Å². The van der Waals surface area contributed by atoms with E-state index in [0.717, 1.165) is 11.9 Å². The lowest BCUT2D eigenvalue weighted by molar-refractivity contribution is -0.147. The van der Waals surface area contributed by atoms with Crippen molar-refractivity contribution >= 4 is 23.5 Å². The Bertz CT molecular complexity index is 325. The van der Waals surface area contributed by atoms with Crippen molar-refractivity contribution < 1.29 is 4.74 Å². The largest absolute Gasteiger partial charge is 0.375 e. The van der Waals surface area contributed by atoms with Crippen molar-refractivity contribution in [2.75, 3.05) is 18.1 Å². The predicted molar refractivity (Wildman–Crippen MR) is 89.2 cm³/mol. The van der Waals surface area contributed by atoms with Gasteiger partial charge in [0.25, 0.3) is 0 Å². The van der Waals surface area contributed by atoms with Crippen molar-refractivity contribution in [1.82, 2.24) is 5.43 Å². The minimum Gasteiger partial charge on any atom is -0.375 e. The van der Waals surface area contributed by atoms with Crippen LogP contribution < -0.4 is 11.3 Å². The maximum absolute atomic E-state index is 6.09. The zero-order valence-electron chi connectivity index (χ0n) is 12.5. The summed E-state index contributed by atoms with van der Waals surface area (Å²) in [6.07, 6.45) is 7.54. The fourth-order valence-corrected chi connectivity index (χ4v) is 7.39. The van der Waals surface area contributed by atoms with Crippen LogP contribution in [0, 0.1) is 5.92 Å². The molecule has 2 saturated heterocycles. The van der Waals surface area contributed by atoms with E-state index in [1.54, 1.807) is 0 Å². The molecule has 3 nitrogen and oxygen atoms in total. The second-order valence-electron chi connectivity index (χ2n) is 6.48. The highest BCUT2D eigenvalue weighted by molar-refractivity contribution is 8.07. The van der Waals surface area contributed by atoms with Crippen LogP contribution in [0.2, 0.25) is 0 Å². The summed E-state index contributed by atoms with van der Waals surface area (Å²) in [6.45, 7) is 3.26. The molecular formula is C15H28N2OS2. The van der Waals surface area contributed by atoms with Crippen LogP contribution >= 0.6 is 23.5 Å². The summed E-state index contributed by atoms with van der Waals surface area (Å²) in [6, 6.07) is 0.458. The van der Waals surface area contributed by atoms with Crippen LogP contribution in [0.3, 0.4) is 0 Å².